The van der Waals surface area contributed by atoms with Gasteiger partial charge in [-0.1, -0.05) is 43.8 Å². The molecule has 0 aliphatic heterocycles. The van der Waals surface area contributed by atoms with Gasteiger partial charge in [-0.25, -0.2) is 0 Å². The van der Waals surface area contributed by atoms with E-state index >= 15 is 0 Å². The molecule has 0 heterocycles. The molecule has 80 valence electrons. The summed E-state index contributed by atoms with van der Waals surface area (Å²) in [6.07, 6.45) is 0. The van der Waals surface area contributed by atoms with E-state index in [0.29, 0.717) is 0 Å². The molecule has 0 radical (unpaired) electrons. The van der Waals surface area contributed by atoms with Crippen LogP contribution in [0.15, 0.2) is 36.9 Å². The first-order valence-electron chi connectivity index (χ1n) is 4.76. The second kappa shape index (κ2) is 4.75. The van der Waals surface area contributed by atoms with Gasteiger partial charge in [0.1, 0.15) is 6.04 Å². The number of nitrogens with two attached hydrogens (primary N) is 1. The Morgan fingerprint density at radius 1 is 1.40 bits per heavy atom. The molecule has 0 bridgehead atoms. The third-order valence-corrected chi connectivity index (χ3v) is 2.52. The highest BCUT2D eigenvalue weighted by Crippen LogP contribution is 2.22. The lowest BCUT2D eigenvalue weighted by molar-refractivity contribution is -0.139. The third kappa shape index (κ3) is 2.67. The van der Waals surface area contributed by atoms with E-state index in [-0.39, 0.29) is 5.92 Å². The lowest BCUT2D eigenvalue weighted by atomic mass is 9.90. The smallest absolute Gasteiger partial charge is 0.321 e. The summed E-state index contributed by atoms with van der Waals surface area (Å²) in [5.41, 5.74) is 7.23. The molecule has 1 rings (SSSR count). The highest BCUT2D eigenvalue weighted by atomic mass is 16.4. The molecule has 3 nitrogen and oxygen atoms in total. The first-order chi connectivity index (χ1) is 7.04. The lowest BCUT2D eigenvalue weighted by Gasteiger charge is -2.18. The van der Waals surface area contributed by atoms with Crippen LogP contribution in [0.3, 0.4) is 0 Å². The Morgan fingerprint density at radius 3 is 2.40 bits per heavy atom. The summed E-state index contributed by atoms with van der Waals surface area (Å²) >= 11 is 0. The first kappa shape index (κ1) is 11.5. The fraction of sp³-hybridized carbons (Fsp3) is 0.250. The molecular formula is C12H15NO2. The third-order valence-electron chi connectivity index (χ3n) is 2.52. The maximum Gasteiger partial charge on any atom is 0.321 e. The van der Waals surface area contributed by atoms with Crippen molar-refractivity contribution < 1.29 is 9.90 Å². The minimum Gasteiger partial charge on any atom is -0.480 e. The van der Waals surface area contributed by atoms with Crippen LogP contribution in [0.25, 0.3) is 5.57 Å². The van der Waals surface area contributed by atoms with E-state index in [1.807, 2.05) is 30.3 Å². The molecule has 3 heteroatoms. The summed E-state index contributed by atoms with van der Waals surface area (Å²) in [4.78, 5) is 10.7. The monoisotopic (exact) mass is 205 g/mol. The first-order valence-corrected chi connectivity index (χ1v) is 4.76. The summed E-state index contributed by atoms with van der Waals surface area (Å²) in [6, 6.07) is 8.57. The van der Waals surface area contributed by atoms with Crippen LogP contribution in [-0.4, -0.2) is 17.1 Å². The lowest BCUT2D eigenvalue weighted by Crippen LogP contribution is -2.36. The van der Waals surface area contributed by atoms with Crippen molar-refractivity contribution in [1.82, 2.24) is 0 Å². The average Bonchev–Trinajstić information content (AvgIpc) is 2.27. The van der Waals surface area contributed by atoms with Crippen LogP contribution < -0.4 is 5.73 Å². The number of carboxylic acid groups (broad SMARTS) is 1. The molecule has 1 aromatic carbocycles. The molecule has 3 N–H and O–H groups in total. The van der Waals surface area contributed by atoms with Crippen molar-refractivity contribution in [2.24, 2.45) is 11.7 Å². The number of rotatable bonds is 4. The second-order valence-corrected chi connectivity index (χ2v) is 3.54. The molecule has 0 aromatic heterocycles. The molecule has 1 unspecified atom stereocenters. The van der Waals surface area contributed by atoms with Gasteiger partial charge in [0, 0.05) is 5.92 Å². The molecule has 0 saturated carbocycles. The van der Waals surface area contributed by atoms with E-state index in [0.717, 1.165) is 11.1 Å². The Kier molecular flexibility index (Phi) is 3.63. The van der Waals surface area contributed by atoms with Gasteiger partial charge in [-0.2, -0.15) is 0 Å². The Bertz CT molecular complexity index is 359. The molecule has 0 aliphatic rings. The minimum absolute atomic E-state index is 0.273. The van der Waals surface area contributed by atoms with E-state index in [1.165, 1.54) is 0 Å². The molecule has 0 aliphatic carbocycles. The number of carbonyl (C=O) groups is 1. The van der Waals surface area contributed by atoms with Gasteiger partial charge >= 0.3 is 5.97 Å². The zero-order valence-electron chi connectivity index (χ0n) is 8.68. The summed E-state index contributed by atoms with van der Waals surface area (Å²) in [6.45, 7) is 5.66. The number of hydrogen-bond donors (Lipinski definition) is 2. The van der Waals surface area contributed by atoms with Gasteiger partial charge in [0.2, 0.25) is 0 Å². The molecule has 0 spiro atoms. The summed E-state index contributed by atoms with van der Waals surface area (Å²) < 4.78 is 0. The molecule has 15 heavy (non-hydrogen) atoms. The Balaban J connectivity index is 2.82. The maximum atomic E-state index is 10.7. The number of carboxylic acids is 1. The van der Waals surface area contributed by atoms with Crippen LogP contribution in [0.2, 0.25) is 0 Å². The van der Waals surface area contributed by atoms with Gasteiger partial charge in [-0.05, 0) is 11.1 Å². The molecular weight excluding hydrogens is 190 g/mol. The summed E-state index contributed by atoms with van der Waals surface area (Å²) in [7, 11) is 0. The fourth-order valence-electron chi connectivity index (χ4n) is 1.35. The van der Waals surface area contributed by atoms with Crippen molar-refractivity contribution in [1.29, 1.82) is 0 Å². The Labute approximate surface area is 89.2 Å². The molecule has 0 saturated heterocycles. The van der Waals surface area contributed by atoms with Gasteiger partial charge in [-0.3, -0.25) is 4.79 Å². The van der Waals surface area contributed by atoms with Gasteiger partial charge in [0.25, 0.3) is 0 Å². The topological polar surface area (TPSA) is 63.3 Å². The standard InChI is InChI=1S/C12H15NO2/c1-8(9(2)11(13)12(14)15)10-6-4-3-5-7-10/h3-7,9,11H,1,13H2,2H3,(H,14,15)/t9?,11-/m1/s1. The minimum atomic E-state index is -1.00. The fourth-order valence-corrected chi connectivity index (χ4v) is 1.35. The van der Waals surface area contributed by atoms with Crippen LogP contribution in [0, 0.1) is 5.92 Å². The second-order valence-electron chi connectivity index (χ2n) is 3.54. The van der Waals surface area contributed by atoms with Crippen LogP contribution >= 0.6 is 0 Å². The van der Waals surface area contributed by atoms with Gasteiger partial charge < -0.3 is 10.8 Å². The SMILES string of the molecule is C=C(c1ccccc1)C(C)[C@@H](N)C(=O)O. The van der Waals surface area contributed by atoms with Gasteiger partial charge in [0.05, 0.1) is 0 Å². The van der Waals surface area contributed by atoms with Crippen molar-refractivity contribution in [3.05, 3.63) is 42.5 Å². The van der Waals surface area contributed by atoms with Crippen molar-refractivity contribution >= 4 is 11.5 Å². The van der Waals surface area contributed by atoms with Gasteiger partial charge in [0.15, 0.2) is 0 Å². The van der Waals surface area contributed by atoms with E-state index in [4.69, 9.17) is 10.8 Å². The molecule has 0 amide bonds. The zero-order valence-corrected chi connectivity index (χ0v) is 8.68. The molecule has 2 atom stereocenters. The van der Waals surface area contributed by atoms with Crippen LogP contribution in [0.5, 0.6) is 0 Å². The average molecular weight is 205 g/mol. The van der Waals surface area contributed by atoms with Crippen molar-refractivity contribution in [2.45, 2.75) is 13.0 Å². The predicted molar refractivity (Wildman–Crippen MR) is 60.3 cm³/mol. The van der Waals surface area contributed by atoms with Gasteiger partial charge in [-0.15, -0.1) is 0 Å². The van der Waals surface area contributed by atoms with Crippen molar-refractivity contribution in [3.8, 4) is 0 Å². The molecule has 1 aromatic rings. The number of benzene rings is 1. The number of aliphatic carboxylic acids is 1. The van der Waals surface area contributed by atoms with Crippen molar-refractivity contribution in [2.75, 3.05) is 0 Å². The highest BCUT2D eigenvalue weighted by molar-refractivity contribution is 5.78. The summed E-state index contributed by atoms with van der Waals surface area (Å²) in [5.74, 6) is -1.27. The predicted octanol–water partition coefficient (Wildman–Crippen LogP) is 1.75. The van der Waals surface area contributed by atoms with E-state index in [1.54, 1.807) is 6.92 Å². The van der Waals surface area contributed by atoms with E-state index in [9.17, 15) is 4.79 Å². The van der Waals surface area contributed by atoms with Crippen LogP contribution in [0.4, 0.5) is 0 Å². The molecule has 0 fully saturated rings. The van der Waals surface area contributed by atoms with Crippen LogP contribution in [-0.2, 0) is 4.79 Å². The van der Waals surface area contributed by atoms with Crippen LogP contribution in [0.1, 0.15) is 12.5 Å². The Hall–Kier alpha value is -1.61. The number of hydrogen-bond acceptors (Lipinski definition) is 2. The van der Waals surface area contributed by atoms with E-state index < -0.39 is 12.0 Å². The van der Waals surface area contributed by atoms with E-state index in [2.05, 4.69) is 6.58 Å². The maximum absolute atomic E-state index is 10.7. The normalized spacial score (nSPS) is 14.3. The largest absolute Gasteiger partial charge is 0.480 e. The highest BCUT2D eigenvalue weighted by Gasteiger charge is 2.22. The summed E-state index contributed by atoms with van der Waals surface area (Å²) in [5, 5.41) is 8.78. The van der Waals surface area contributed by atoms with Crippen molar-refractivity contribution in [3.63, 3.8) is 0 Å². The zero-order chi connectivity index (χ0) is 11.4. The quantitative estimate of drug-likeness (QED) is 0.787. The Morgan fingerprint density at radius 2 is 1.93 bits per heavy atom.